The minimum atomic E-state index is 0.647. The van der Waals surface area contributed by atoms with Crippen molar-refractivity contribution in [2.75, 3.05) is 18.9 Å². The summed E-state index contributed by atoms with van der Waals surface area (Å²) >= 11 is 1.95. The van der Waals surface area contributed by atoms with E-state index in [1.54, 1.807) is 0 Å². The number of nitrogen functional groups attached to an aromatic ring is 1. The summed E-state index contributed by atoms with van der Waals surface area (Å²) in [6.45, 7) is 3.78. The van der Waals surface area contributed by atoms with E-state index >= 15 is 0 Å². The van der Waals surface area contributed by atoms with Gasteiger partial charge in [0.1, 0.15) is 0 Å². The molecule has 1 aromatic heterocycles. The third-order valence-corrected chi connectivity index (χ3v) is 4.91. The summed E-state index contributed by atoms with van der Waals surface area (Å²) in [5.41, 5.74) is 7.88. The van der Waals surface area contributed by atoms with Crippen LogP contribution in [0.25, 0.3) is 10.8 Å². The normalized spacial score (nSPS) is 16.9. The highest BCUT2D eigenvalue weighted by atomic mass is 32.2. The molecule has 3 nitrogen and oxygen atoms in total. The number of benzene rings is 1. The van der Waals surface area contributed by atoms with Crippen LogP contribution in [-0.4, -0.2) is 23.4 Å². The molecule has 0 aliphatic carbocycles. The summed E-state index contributed by atoms with van der Waals surface area (Å²) in [5, 5.41) is 2.93. The lowest BCUT2D eigenvalue weighted by Gasteiger charge is -2.22. The molecule has 0 radical (unpaired) electrons. The molecule has 2 aromatic rings. The predicted octanol–water partition coefficient (Wildman–Crippen LogP) is 3.40. The molecule has 0 spiro atoms. The first kappa shape index (κ1) is 12.8. The zero-order chi connectivity index (χ0) is 13.2. The van der Waals surface area contributed by atoms with Gasteiger partial charge in [-0.05, 0) is 38.0 Å². The fourth-order valence-electron chi connectivity index (χ4n) is 2.41. The predicted molar refractivity (Wildman–Crippen MR) is 80.6 cm³/mol. The minimum Gasteiger partial charge on any atom is -0.398 e. The molecule has 100 valence electrons. The Hall–Kier alpha value is -1.26. The number of hydrogen-bond acceptors (Lipinski definition) is 4. The fourth-order valence-corrected chi connectivity index (χ4v) is 3.64. The molecule has 0 atom stereocenters. The summed E-state index contributed by atoms with van der Waals surface area (Å²) in [4.78, 5) is 5.65. The first-order valence-electron chi connectivity index (χ1n) is 6.63. The monoisotopic (exact) mass is 274 g/mol. The number of ether oxygens (including phenoxy) is 1. The molecule has 0 amide bonds. The highest BCUT2D eigenvalue weighted by Crippen LogP contribution is 2.36. The van der Waals surface area contributed by atoms with E-state index in [-0.39, 0.29) is 0 Å². The maximum absolute atomic E-state index is 6.04. The molecular weight excluding hydrogens is 256 g/mol. The zero-order valence-electron chi connectivity index (χ0n) is 11.1. The third-order valence-electron chi connectivity index (χ3n) is 3.49. The Labute approximate surface area is 117 Å². The second-order valence-corrected chi connectivity index (χ2v) is 6.30. The molecule has 2 heterocycles. The Morgan fingerprint density at radius 2 is 2.05 bits per heavy atom. The number of aromatic nitrogens is 1. The Bertz CT molecular complexity index is 594. The zero-order valence-corrected chi connectivity index (χ0v) is 11.9. The second kappa shape index (κ2) is 5.39. The summed E-state index contributed by atoms with van der Waals surface area (Å²) in [5.74, 6) is 0. The van der Waals surface area contributed by atoms with Crippen molar-refractivity contribution in [3.05, 3.63) is 30.1 Å². The number of fused-ring (bicyclic) bond motifs is 1. The standard InChI is InChI=1S/C15H18N2OS/c1-10-8-12-13(9-17-10)14(16)2-3-15(12)19-11-4-6-18-7-5-11/h2-3,8-9,11H,4-7,16H2,1H3. The van der Waals surface area contributed by atoms with Crippen molar-refractivity contribution < 1.29 is 4.74 Å². The quantitative estimate of drug-likeness (QED) is 0.853. The maximum atomic E-state index is 6.04. The topological polar surface area (TPSA) is 48.1 Å². The Morgan fingerprint density at radius 3 is 2.84 bits per heavy atom. The van der Waals surface area contributed by atoms with Gasteiger partial charge in [0.2, 0.25) is 0 Å². The lowest BCUT2D eigenvalue weighted by molar-refractivity contribution is 0.100. The molecule has 1 aromatic carbocycles. The smallest absolute Gasteiger partial charge is 0.0476 e. The molecule has 1 fully saturated rings. The van der Waals surface area contributed by atoms with Crippen molar-refractivity contribution in [2.24, 2.45) is 0 Å². The highest BCUT2D eigenvalue weighted by molar-refractivity contribution is 8.00. The average molecular weight is 274 g/mol. The number of nitrogens with zero attached hydrogens (tertiary/aromatic N) is 1. The maximum Gasteiger partial charge on any atom is 0.0476 e. The summed E-state index contributed by atoms with van der Waals surface area (Å²) < 4.78 is 5.42. The van der Waals surface area contributed by atoms with E-state index in [9.17, 15) is 0 Å². The largest absolute Gasteiger partial charge is 0.398 e. The lowest BCUT2D eigenvalue weighted by atomic mass is 10.1. The van der Waals surface area contributed by atoms with Crippen LogP contribution >= 0.6 is 11.8 Å². The van der Waals surface area contributed by atoms with Crippen LogP contribution in [0.4, 0.5) is 5.69 Å². The Morgan fingerprint density at radius 1 is 1.26 bits per heavy atom. The van der Waals surface area contributed by atoms with Crippen LogP contribution in [0.3, 0.4) is 0 Å². The van der Waals surface area contributed by atoms with E-state index in [4.69, 9.17) is 10.5 Å². The van der Waals surface area contributed by atoms with Gasteiger partial charge in [0.25, 0.3) is 0 Å². The van der Waals surface area contributed by atoms with Crippen LogP contribution < -0.4 is 5.73 Å². The van der Waals surface area contributed by atoms with Crippen LogP contribution in [0.2, 0.25) is 0 Å². The molecule has 0 saturated carbocycles. The number of anilines is 1. The van der Waals surface area contributed by atoms with Crippen LogP contribution in [0.1, 0.15) is 18.5 Å². The van der Waals surface area contributed by atoms with Gasteiger partial charge in [0.05, 0.1) is 0 Å². The second-order valence-electron chi connectivity index (χ2n) is 4.95. The van der Waals surface area contributed by atoms with E-state index in [1.165, 1.54) is 10.3 Å². The van der Waals surface area contributed by atoms with Crippen molar-refractivity contribution >= 4 is 28.2 Å². The van der Waals surface area contributed by atoms with Gasteiger partial charge in [-0.2, -0.15) is 0 Å². The fraction of sp³-hybridized carbons (Fsp3) is 0.400. The van der Waals surface area contributed by atoms with Gasteiger partial charge in [-0.3, -0.25) is 4.98 Å². The van der Waals surface area contributed by atoms with Crippen LogP contribution in [0.5, 0.6) is 0 Å². The van der Waals surface area contributed by atoms with Gasteiger partial charge in [-0.15, -0.1) is 11.8 Å². The molecule has 0 unspecified atom stereocenters. The SMILES string of the molecule is Cc1cc2c(SC3CCOCC3)ccc(N)c2cn1. The number of thioether (sulfide) groups is 1. The number of pyridine rings is 1. The molecule has 19 heavy (non-hydrogen) atoms. The van der Waals surface area contributed by atoms with Crippen LogP contribution in [-0.2, 0) is 4.74 Å². The molecular formula is C15H18N2OS. The Balaban J connectivity index is 1.98. The average Bonchev–Trinajstić information content (AvgIpc) is 2.43. The van der Waals surface area contributed by atoms with E-state index in [2.05, 4.69) is 17.1 Å². The lowest BCUT2D eigenvalue weighted by Crippen LogP contribution is -2.17. The summed E-state index contributed by atoms with van der Waals surface area (Å²) in [6.07, 6.45) is 4.13. The minimum absolute atomic E-state index is 0.647. The number of nitrogens with two attached hydrogens (primary N) is 1. The molecule has 4 heteroatoms. The summed E-state index contributed by atoms with van der Waals surface area (Å²) in [6, 6.07) is 6.26. The molecule has 3 rings (SSSR count). The van der Waals surface area contributed by atoms with Gasteiger partial charge in [0.15, 0.2) is 0 Å². The molecule has 0 bridgehead atoms. The van der Waals surface area contributed by atoms with E-state index in [0.29, 0.717) is 5.25 Å². The van der Waals surface area contributed by atoms with Gasteiger partial charge in [-0.25, -0.2) is 0 Å². The van der Waals surface area contributed by atoms with Crippen molar-refractivity contribution in [1.82, 2.24) is 4.98 Å². The number of aryl methyl sites for hydroxylation is 1. The van der Waals surface area contributed by atoms with Gasteiger partial charge >= 0.3 is 0 Å². The van der Waals surface area contributed by atoms with E-state index in [0.717, 1.165) is 42.8 Å². The van der Waals surface area contributed by atoms with Crippen molar-refractivity contribution in [2.45, 2.75) is 29.9 Å². The van der Waals surface area contributed by atoms with E-state index in [1.807, 2.05) is 30.9 Å². The van der Waals surface area contributed by atoms with Crippen molar-refractivity contribution in [3.8, 4) is 0 Å². The van der Waals surface area contributed by atoms with Crippen molar-refractivity contribution in [1.29, 1.82) is 0 Å². The molecule has 1 aliphatic heterocycles. The first-order chi connectivity index (χ1) is 9.24. The first-order valence-corrected chi connectivity index (χ1v) is 7.51. The van der Waals surface area contributed by atoms with Gasteiger partial charge in [-0.1, -0.05) is 0 Å². The van der Waals surface area contributed by atoms with E-state index < -0.39 is 0 Å². The van der Waals surface area contributed by atoms with Gasteiger partial charge < -0.3 is 10.5 Å². The van der Waals surface area contributed by atoms with Crippen molar-refractivity contribution in [3.63, 3.8) is 0 Å². The molecule has 1 saturated heterocycles. The molecule has 2 N–H and O–H groups in total. The third kappa shape index (κ3) is 2.69. The van der Waals surface area contributed by atoms with Gasteiger partial charge in [0, 0.05) is 51.7 Å². The Kier molecular flexibility index (Phi) is 3.62. The molecule has 1 aliphatic rings. The van der Waals surface area contributed by atoms with Crippen LogP contribution in [0, 0.1) is 6.92 Å². The number of rotatable bonds is 2. The summed E-state index contributed by atoms with van der Waals surface area (Å²) in [7, 11) is 0. The number of hydrogen-bond donors (Lipinski definition) is 1. The van der Waals surface area contributed by atoms with Crippen LogP contribution in [0.15, 0.2) is 29.3 Å². The highest BCUT2D eigenvalue weighted by Gasteiger charge is 2.16.